The van der Waals surface area contributed by atoms with Crippen LogP contribution in [-0.4, -0.2) is 23.0 Å². The van der Waals surface area contributed by atoms with Gasteiger partial charge in [-0.3, -0.25) is 9.78 Å². The summed E-state index contributed by atoms with van der Waals surface area (Å²) in [5, 5.41) is 9.13. The summed E-state index contributed by atoms with van der Waals surface area (Å²) < 4.78 is 5.19. The number of esters is 1. The van der Waals surface area contributed by atoms with Crippen LogP contribution in [0, 0.1) is 25.2 Å². The number of rotatable bonds is 5. The lowest BCUT2D eigenvalue weighted by atomic mass is 9.94. The summed E-state index contributed by atoms with van der Waals surface area (Å²) in [5.41, 5.74) is 11.0. The number of carbonyl (C=O) groups excluding carboxylic acids is 2. The van der Waals surface area contributed by atoms with E-state index in [2.05, 4.69) is 11.1 Å². The number of hydrogen-bond acceptors (Lipinski definition) is 5. The minimum atomic E-state index is -1.04. The summed E-state index contributed by atoms with van der Waals surface area (Å²) >= 11 is 0. The number of primary amides is 1. The third-order valence-corrected chi connectivity index (χ3v) is 4.73. The smallest absolute Gasteiger partial charge is 0.338 e. The first-order chi connectivity index (χ1) is 14.3. The van der Waals surface area contributed by atoms with Gasteiger partial charge in [-0.2, -0.15) is 5.26 Å². The maximum absolute atomic E-state index is 12.7. The van der Waals surface area contributed by atoms with Crippen molar-refractivity contribution in [3.63, 3.8) is 0 Å². The second-order valence-electron chi connectivity index (χ2n) is 7.11. The molecule has 1 aromatic heterocycles. The molecule has 0 spiro atoms. The zero-order chi connectivity index (χ0) is 21.8. The molecule has 150 valence electrons. The lowest BCUT2D eigenvalue weighted by molar-refractivity contribution is -0.125. The average Bonchev–Trinajstić information content (AvgIpc) is 2.73. The molecule has 1 amide bonds. The van der Waals surface area contributed by atoms with Gasteiger partial charge >= 0.3 is 5.97 Å². The van der Waals surface area contributed by atoms with Crippen molar-refractivity contribution in [3.05, 3.63) is 77.0 Å². The Labute approximate surface area is 174 Å². The van der Waals surface area contributed by atoms with E-state index < -0.39 is 18.0 Å². The minimum Gasteiger partial charge on any atom is -0.449 e. The molecule has 0 aliphatic rings. The highest BCUT2D eigenvalue weighted by molar-refractivity contribution is 5.95. The van der Waals surface area contributed by atoms with Crippen molar-refractivity contribution in [3.8, 4) is 28.5 Å². The largest absolute Gasteiger partial charge is 0.449 e. The zero-order valence-corrected chi connectivity index (χ0v) is 17.0. The Balaban J connectivity index is 2.13. The van der Waals surface area contributed by atoms with Crippen molar-refractivity contribution in [1.29, 1.82) is 5.26 Å². The molecule has 0 saturated heterocycles. The summed E-state index contributed by atoms with van der Waals surface area (Å²) in [7, 11) is 0. The van der Waals surface area contributed by atoms with Crippen LogP contribution in [0.3, 0.4) is 0 Å². The van der Waals surface area contributed by atoms with Crippen LogP contribution >= 0.6 is 0 Å². The van der Waals surface area contributed by atoms with Crippen molar-refractivity contribution < 1.29 is 14.3 Å². The molecule has 2 aromatic carbocycles. The summed E-state index contributed by atoms with van der Waals surface area (Å²) in [6.07, 6.45) is 0.709. The van der Waals surface area contributed by atoms with Gasteiger partial charge in [0.2, 0.25) is 0 Å². The SMILES string of the molecule is Cc1ccc(-c2cc(C(=O)O[C@@H](C)C(N)=O)cc(-c3ccc(C#N)cc3C)c2)nc1. The molecule has 6 nitrogen and oxygen atoms in total. The fraction of sp³-hybridized carbons (Fsp3) is 0.167. The van der Waals surface area contributed by atoms with Crippen LogP contribution in [-0.2, 0) is 9.53 Å². The molecular weight excluding hydrogens is 378 g/mol. The van der Waals surface area contributed by atoms with Gasteiger partial charge < -0.3 is 10.5 Å². The number of pyridine rings is 1. The first kappa shape index (κ1) is 20.7. The van der Waals surface area contributed by atoms with E-state index in [1.165, 1.54) is 6.92 Å². The Morgan fingerprint density at radius 1 is 1.07 bits per heavy atom. The molecule has 6 heteroatoms. The van der Waals surface area contributed by atoms with Crippen LogP contribution in [0.5, 0.6) is 0 Å². The minimum absolute atomic E-state index is 0.279. The number of carbonyl (C=O) groups is 2. The molecular formula is C24H21N3O3. The first-order valence-electron chi connectivity index (χ1n) is 9.38. The third kappa shape index (κ3) is 4.53. The maximum atomic E-state index is 12.7. The Hall–Kier alpha value is -3.98. The molecule has 0 unspecified atom stereocenters. The molecule has 1 atom stereocenters. The molecule has 0 aliphatic heterocycles. The van der Waals surface area contributed by atoms with Gasteiger partial charge in [-0.25, -0.2) is 4.79 Å². The fourth-order valence-electron chi connectivity index (χ4n) is 3.03. The van der Waals surface area contributed by atoms with E-state index >= 15 is 0 Å². The van der Waals surface area contributed by atoms with E-state index in [4.69, 9.17) is 15.7 Å². The van der Waals surface area contributed by atoms with Gasteiger partial charge in [-0.1, -0.05) is 12.1 Å². The summed E-state index contributed by atoms with van der Waals surface area (Å²) in [6, 6.07) is 16.6. The number of nitrogens with zero attached hydrogens (tertiary/aromatic N) is 2. The van der Waals surface area contributed by atoms with Crippen LogP contribution in [0.1, 0.15) is 34.0 Å². The topological polar surface area (TPSA) is 106 Å². The van der Waals surface area contributed by atoms with Crippen molar-refractivity contribution in [2.75, 3.05) is 0 Å². The Kier molecular flexibility index (Phi) is 5.93. The second kappa shape index (κ2) is 8.58. The molecule has 3 rings (SSSR count). The summed E-state index contributed by atoms with van der Waals surface area (Å²) in [5.74, 6) is -1.37. The predicted molar refractivity (Wildman–Crippen MR) is 113 cm³/mol. The number of hydrogen-bond donors (Lipinski definition) is 1. The Bertz CT molecular complexity index is 1160. The molecule has 2 N–H and O–H groups in total. The Morgan fingerprint density at radius 2 is 1.80 bits per heavy atom. The highest BCUT2D eigenvalue weighted by Gasteiger charge is 2.18. The monoisotopic (exact) mass is 399 g/mol. The van der Waals surface area contributed by atoms with Crippen LogP contribution in [0.25, 0.3) is 22.4 Å². The number of aryl methyl sites for hydroxylation is 2. The maximum Gasteiger partial charge on any atom is 0.338 e. The molecule has 0 fully saturated rings. The summed E-state index contributed by atoms with van der Waals surface area (Å²) in [4.78, 5) is 28.4. The van der Waals surface area contributed by atoms with Crippen LogP contribution in [0.2, 0.25) is 0 Å². The highest BCUT2D eigenvalue weighted by Crippen LogP contribution is 2.30. The van der Waals surface area contributed by atoms with Gasteiger partial charge in [0, 0.05) is 11.8 Å². The van der Waals surface area contributed by atoms with Gasteiger partial charge in [0.05, 0.1) is 22.9 Å². The van der Waals surface area contributed by atoms with Crippen LogP contribution in [0.4, 0.5) is 0 Å². The number of aromatic nitrogens is 1. The molecule has 3 aromatic rings. The van der Waals surface area contributed by atoms with Gasteiger partial charge in [0.25, 0.3) is 5.91 Å². The van der Waals surface area contributed by atoms with Gasteiger partial charge in [-0.15, -0.1) is 0 Å². The average molecular weight is 399 g/mol. The lowest BCUT2D eigenvalue weighted by Gasteiger charge is -2.14. The van der Waals surface area contributed by atoms with Gasteiger partial charge in [0.15, 0.2) is 6.10 Å². The molecule has 0 radical (unpaired) electrons. The van der Waals surface area contributed by atoms with E-state index in [0.29, 0.717) is 11.3 Å². The van der Waals surface area contributed by atoms with Gasteiger partial charge in [-0.05, 0) is 79.4 Å². The van der Waals surface area contributed by atoms with E-state index in [-0.39, 0.29) is 5.56 Å². The van der Waals surface area contributed by atoms with Crippen LogP contribution in [0.15, 0.2) is 54.7 Å². The fourth-order valence-corrected chi connectivity index (χ4v) is 3.03. The van der Waals surface area contributed by atoms with Crippen molar-refractivity contribution in [1.82, 2.24) is 4.98 Å². The number of amides is 1. The van der Waals surface area contributed by atoms with Crippen molar-refractivity contribution >= 4 is 11.9 Å². The number of nitrogens with two attached hydrogens (primary N) is 1. The number of ether oxygens (including phenoxy) is 1. The van der Waals surface area contributed by atoms with E-state index in [0.717, 1.165) is 27.8 Å². The molecule has 0 aliphatic carbocycles. The lowest BCUT2D eigenvalue weighted by Crippen LogP contribution is -2.30. The van der Waals surface area contributed by atoms with Crippen LogP contribution < -0.4 is 5.73 Å². The highest BCUT2D eigenvalue weighted by atomic mass is 16.5. The normalized spacial score (nSPS) is 11.4. The quantitative estimate of drug-likeness (QED) is 0.654. The van der Waals surface area contributed by atoms with E-state index in [1.807, 2.05) is 38.1 Å². The standard InChI is InChI=1S/C24H21N3O3/c1-14-4-7-22(27-13-14)19-9-18(21-6-5-17(12-25)8-15(21)2)10-20(11-19)24(29)30-16(3)23(26)28/h4-11,13,16H,1-3H3,(H2,26,28)/t16-/m0/s1. The number of nitriles is 1. The summed E-state index contributed by atoms with van der Waals surface area (Å²) in [6.45, 7) is 5.28. The molecule has 30 heavy (non-hydrogen) atoms. The van der Waals surface area contributed by atoms with Crippen molar-refractivity contribution in [2.24, 2.45) is 5.73 Å². The molecule has 0 bridgehead atoms. The predicted octanol–water partition coefficient (Wildman–Crippen LogP) is 3.93. The van der Waals surface area contributed by atoms with E-state index in [9.17, 15) is 9.59 Å². The zero-order valence-electron chi connectivity index (χ0n) is 17.0. The molecule has 0 saturated carbocycles. The van der Waals surface area contributed by atoms with Gasteiger partial charge in [0.1, 0.15) is 0 Å². The Morgan fingerprint density at radius 3 is 2.40 bits per heavy atom. The second-order valence-corrected chi connectivity index (χ2v) is 7.11. The third-order valence-electron chi connectivity index (χ3n) is 4.73. The van der Waals surface area contributed by atoms with Crippen molar-refractivity contribution in [2.45, 2.75) is 26.9 Å². The van der Waals surface area contributed by atoms with E-state index in [1.54, 1.807) is 30.5 Å². The first-order valence-corrected chi connectivity index (χ1v) is 9.38. The molecule has 1 heterocycles. The number of benzene rings is 2.